The lowest BCUT2D eigenvalue weighted by molar-refractivity contribution is 0.0594. The number of hydrogen-bond acceptors (Lipinski definition) is 5. The van der Waals surface area contributed by atoms with Crippen molar-refractivity contribution in [3.63, 3.8) is 0 Å². The van der Waals surface area contributed by atoms with Gasteiger partial charge in [-0.3, -0.25) is 0 Å². The van der Waals surface area contributed by atoms with E-state index in [2.05, 4.69) is 20.4 Å². The van der Waals surface area contributed by atoms with Crippen LogP contribution in [0.3, 0.4) is 0 Å². The van der Waals surface area contributed by atoms with E-state index in [1.165, 1.54) is 20.0 Å². The monoisotopic (exact) mass is 249 g/mol. The summed E-state index contributed by atoms with van der Waals surface area (Å²) >= 11 is 0. The molecule has 0 saturated carbocycles. The van der Waals surface area contributed by atoms with Crippen LogP contribution in [0.5, 0.6) is 0 Å². The normalized spacial score (nSPS) is 19.9. The predicted molar refractivity (Wildman–Crippen MR) is 69.7 cm³/mol. The number of anilines is 1. The second kappa shape index (κ2) is 6.35. The topological polar surface area (TPSA) is 63.2 Å². The number of aromatic nitrogens is 1. The Morgan fingerprint density at radius 3 is 3.28 bits per heavy atom. The minimum atomic E-state index is -0.405. The van der Waals surface area contributed by atoms with Crippen LogP contribution in [0.1, 0.15) is 29.8 Å². The Morgan fingerprint density at radius 2 is 2.44 bits per heavy atom. The zero-order chi connectivity index (χ0) is 12.8. The predicted octanol–water partition coefficient (Wildman–Crippen LogP) is 1.42. The Bertz CT molecular complexity index is 401. The van der Waals surface area contributed by atoms with Crippen molar-refractivity contribution in [2.75, 3.05) is 25.5 Å². The first kappa shape index (κ1) is 12.8. The highest BCUT2D eigenvalue weighted by atomic mass is 16.5. The maximum Gasteiger partial charge on any atom is 0.356 e. The Balaban J connectivity index is 2.01. The molecule has 1 aliphatic rings. The van der Waals surface area contributed by atoms with Crippen molar-refractivity contribution < 1.29 is 9.53 Å². The van der Waals surface area contributed by atoms with Gasteiger partial charge in [0.1, 0.15) is 5.69 Å². The van der Waals surface area contributed by atoms with Gasteiger partial charge in [0, 0.05) is 24.5 Å². The van der Waals surface area contributed by atoms with Gasteiger partial charge >= 0.3 is 5.97 Å². The van der Waals surface area contributed by atoms with Crippen LogP contribution >= 0.6 is 0 Å². The Kier molecular flexibility index (Phi) is 4.52. The number of rotatable bonds is 3. The highest BCUT2D eigenvalue weighted by Crippen LogP contribution is 2.14. The summed E-state index contributed by atoms with van der Waals surface area (Å²) in [4.78, 5) is 15.4. The average Bonchev–Trinajstić information content (AvgIpc) is 2.67. The SMILES string of the molecule is COC(=O)c1cc(NC2CCCCNC2)ccn1. The number of hydrogen-bond donors (Lipinski definition) is 2. The van der Waals surface area contributed by atoms with Gasteiger partial charge in [0.05, 0.1) is 7.11 Å². The number of esters is 1. The Labute approximate surface area is 107 Å². The summed E-state index contributed by atoms with van der Waals surface area (Å²) in [6.07, 6.45) is 5.21. The lowest BCUT2D eigenvalue weighted by Gasteiger charge is -2.17. The van der Waals surface area contributed by atoms with Crippen LogP contribution in [-0.2, 0) is 4.74 Å². The lowest BCUT2D eigenvalue weighted by atomic mass is 10.1. The quantitative estimate of drug-likeness (QED) is 0.793. The van der Waals surface area contributed by atoms with Crippen LogP contribution < -0.4 is 10.6 Å². The second-order valence-corrected chi connectivity index (χ2v) is 4.46. The van der Waals surface area contributed by atoms with Gasteiger partial charge in [-0.25, -0.2) is 9.78 Å². The van der Waals surface area contributed by atoms with Gasteiger partial charge in [-0.05, 0) is 31.5 Å². The summed E-state index contributed by atoms with van der Waals surface area (Å²) in [5.41, 5.74) is 1.25. The molecule has 1 unspecified atom stereocenters. The van der Waals surface area contributed by atoms with Crippen LogP contribution in [0, 0.1) is 0 Å². The number of nitrogens with one attached hydrogen (secondary N) is 2. The zero-order valence-electron chi connectivity index (χ0n) is 10.6. The van der Waals surface area contributed by atoms with Crippen molar-refractivity contribution in [1.29, 1.82) is 0 Å². The van der Waals surface area contributed by atoms with E-state index < -0.39 is 5.97 Å². The molecule has 1 saturated heterocycles. The number of nitrogens with zero attached hydrogens (tertiary/aromatic N) is 1. The number of carbonyl (C=O) groups excluding carboxylic acids is 1. The van der Waals surface area contributed by atoms with Crippen molar-refractivity contribution in [2.24, 2.45) is 0 Å². The van der Waals surface area contributed by atoms with Gasteiger partial charge in [0.2, 0.25) is 0 Å². The van der Waals surface area contributed by atoms with Gasteiger partial charge in [0.15, 0.2) is 0 Å². The maximum absolute atomic E-state index is 11.4. The summed E-state index contributed by atoms with van der Waals surface area (Å²) in [5, 5.41) is 6.83. The highest BCUT2D eigenvalue weighted by Gasteiger charge is 2.13. The molecule has 0 amide bonds. The first-order valence-electron chi connectivity index (χ1n) is 6.31. The Hall–Kier alpha value is -1.62. The van der Waals surface area contributed by atoms with E-state index in [1.807, 2.05) is 6.07 Å². The van der Waals surface area contributed by atoms with E-state index >= 15 is 0 Å². The molecule has 98 valence electrons. The van der Waals surface area contributed by atoms with Gasteiger partial charge in [-0.1, -0.05) is 6.42 Å². The molecule has 0 radical (unpaired) electrons. The minimum absolute atomic E-state index is 0.337. The molecule has 1 atom stereocenters. The largest absolute Gasteiger partial charge is 0.464 e. The molecule has 2 N–H and O–H groups in total. The molecule has 0 bridgehead atoms. The summed E-state index contributed by atoms with van der Waals surface area (Å²) in [7, 11) is 1.36. The van der Waals surface area contributed by atoms with E-state index in [4.69, 9.17) is 0 Å². The van der Waals surface area contributed by atoms with Crippen molar-refractivity contribution in [3.05, 3.63) is 24.0 Å². The van der Waals surface area contributed by atoms with Crippen molar-refractivity contribution >= 4 is 11.7 Å². The third-order valence-electron chi connectivity index (χ3n) is 3.07. The van der Waals surface area contributed by atoms with Gasteiger partial charge in [0.25, 0.3) is 0 Å². The fourth-order valence-corrected chi connectivity index (χ4v) is 2.11. The lowest BCUT2D eigenvalue weighted by Crippen LogP contribution is -2.30. The molecular formula is C13H19N3O2. The molecule has 2 heterocycles. The van der Waals surface area contributed by atoms with Gasteiger partial charge < -0.3 is 15.4 Å². The summed E-state index contributed by atoms with van der Waals surface area (Å²) in [6, 6.07) is 4.01. The molecule has 0 spiro atoms. The fraction of sp³-hybridized carbons (Fsp3) is 0.538. The zero-order valence-corrected chi connectivity index (χ0v) is 10.6. The molecule has 0 aliphatic carbocycles. The first-order valence-corrected chi connectivity index (χ1v) is 6.31. The van der Waals surface area contributed by atoms with Crippen molar-refractivity contribution in [2.45, 2.75) is 25.3 Å². The van der Waals surface area contributed by atoms with Crippen LogP contribution in [-0.4, -0.2) is 37.2 Å². The highest BCUT2D eigenvalue weighted by molar-refractivity contribution is 5.88. The first-order chi connectivity index (χ1) is 8.79. The van der Waals surface area contributed by atoms with Gasteiger partial charge in [-0.15, -0.1) is 0 Å². The third-order valence-corrected chi connectivity index (χ3v) is 3.07. The Morgan fingerprint density at radius 1 is 1.56 bits per heavy atom. The van der Waals surface area contributed by atoms with Crippen LogP contribution in [0.25, 0.3) is 0 Å². The number of carbonyl (C=O) groups is 1. The van der Waals surface area contributed by atoms with Gasteiger partial charge in [-0.2, -0.15) is 0 Å². The maximum atomic E-state index is 11.4. The smallest absolute Gasteiger partial charge is 0.356 e. The molecule has 1 aliphatic heterocycles. The molecule has 1 fully saturated rings. The average molecular weight is 249 g/mol. The molecule has 1 aromatic rings. The summed E-state index contributed by atoms with van der Waals surface area (Å²) < 4.78 is 4.66. The number of ether oxygens (including phenoxy) is 1. The molecule has 5 nitrogen and oxygen atoms in total. The van der Waals surface area contributed by atoms with Crippen LogP contribution in [0.2, 0.25) is 0 Å². The molecular weight excluding hydrogens is 230 g/mol. The number of pyridine rings is 1. The minimum Gasteiger partial charge on any atom is -0.464 e. The van der Waals surface area contributed by atoms with Crippen LogP contribution in [0.15, 0.2) is 18.3 Å². The van der Waals surface area contributed by atoms with Crippen molar-refractivity contribution in [1.82, 2.24) is 10.3 Å². The fourth-order valence-electron chi connectivity index (χ4n) is 2.11. The standard InChI is InChI=1S/C13H19N3O2/c1-18-13(17)12-8-10(5-7-15-12)16-11-4-2-3-6-14-9-11/h5,7-8,11,14H,2-4,6,9H2,1H3,(H,15,16). The molecule has 5 heteroatoms. The van der Waals surface area contributed by atoms with Crippen molar-refractivity contribution in [3.8, 4) is 0 Å². The molecule has 1 aromatic heterocycles. The van der Waals surface area contributed by atoms with E-state index in [1.54, 1.807) is 12.3 Å². The summed E-state index contributed by atoms with van der Waals surface area (Å²) in [5.74, 6) is -0.405. The molecule has 0 aromatic carbocycles. The van der Waals surface area contributed by atoms with E-state index in [-0.39, 0.29) is 0 Å². The summed E-state index contributed by atoms with van der Waals surface area (Å²) in [6.45, 7) is 2.04. The number of methoxy groups -OCH3 is 1. The molecule has 2 rings (SSSR count). The van der Waals surface area contributed by atoms with E-state index in [0.29, 0.717) is 11.7 Å². The second-order valence-electron chi connectivity index (χ2n) is 4.46. The molecule has 18 heavy (non-hydrogen) atoms. The third kappa shape index (κ3) is 3.43. The van der Waals surface area contributed by atoms with E-state index in [0.717, 1.165) is 25.2 Å². The van der Waals surface area contributed by atoms with Crippen LogP contribution in [0.4, 0.5) is 5.69 Å². The van der Waals surface area contributed by atoms with E-state index in [9.17, 15) is 4.79 Å².